The molecule has 3 nitrogen and oxygen atoms in total. The second kappa shape index (κ2) is 5.30. The number of rotatable bonds is 1. The molecule has 0 saturated heterocycles. The van der Waals surface area contributed by atoms with Crippen LogP contribution in [0.1, 0.15) is 78.6 Å². The fourth-order valence-corrected chi connectivity index (χ4v) is 7.84. The quantitative estimate of drug-likeness (QED) is 0.768. The summed E-state index contributed by atoms with van der Waals surface area (Å²) in [4.78, 5) is 12.2. The fourth-order valence-electron chi connectivity index (χ4n) is 7.84. The van der Waals surface area contributed by atoms with Crippen molar-refractivity contribution in [1.29, 1.82) is 0 Å². The zero-order valence-corrected chi connectivity index (χ0v) is 15.6. The number of ketones is 1. The molecule has 0 radical (unpaired) electrons. The van der Waals surface area contributed by atoms with Crippen LogP contribution in [0.3, 0.4) is 0 Å². The molecule has 3 heteroatoms. The molecule has 0 bridgehead atoms. The summed E-state index contributed by atoms with van der Waals surface area (Å²) in [6, 6.07) is 0. The molecule has 136 valence electrons. The number of Topliss-reactive ketones (excluding diaryl/α,β-unsaturated/α-hetero) is 1. The first kappa shape index (κ1) is 17.0. The predicted molar refractivity (Wildman–Crippen MR) is 93.4 cm³/mol. The van der Waals surface area contributed by atoms with E-state index in [0.29, 0.717) is 23.5 Å². The highest BCUT2D eigenvalue weighted by molar-refractivity contribution is 5.79. The van der Waals surface area contributed by atoms with Gasteiger partial charge in [0.1, 0.15) is 5.78 Å². The van der Waals surface area contributed by atoms with Gasteiger partial charge in [-0.15, -0.1) is 0 Å². The molecule has 4 rings (SSSR count). The number of aliphatic hydroxyl groups is 2. The van der Waals surface area contributed by atoms with Crippen molar-refractivity contribution in [1.82, 2.24) is 0 Å². The molecule has 0 amide bonds. The van der Waals surface area contributed by atoms with Gasteiger partial charge >= 0.3 is 0 Å². The van der Waals surface area contributed by atoms with Gasteiger partial charge in [0.25, 0.3) is 0 Å². The van der Waals surface area contributed by atoms with E-state index in [9.17, 15) is 15.0 Å². The first-order chi connectivity index (χ1) is 11.2. The van der Waals surface area contributed by atoms with E-state index >= 15 is 0 Å². The Hall–Kier alpha value is -0.410. The lowest BCUT2D eigenvalue weighted by Gasteiger charge is -2.65. The minimum Gasteiger partial charge on any atom is -0.393 e. The molecule has 2 unspecified atom stereocenters. The van der Waals surface area contributed by atoms with E-state index in [0.717, 1.165) is 57.8 Å². The van der Waals surface area contributed by atoms with Gasteiger partial charge in [-0.1, -0.05) is 13.8 Å². The Kier molecular flexibility index (Phi) is 3.76. The molecule has 0 heterocycles. The molecule has 4 saturated carbocycles. The standard InChI is InChI=1S/C21H34O3/c1-13(22)16-6-7-17-18-5-4-14-12-15(23)8-9-20(14,3)21(18,24)11-10-19(16,17)2/h14-18,23-24H,4-12H2,1-3H3/t14?,15?,16-,17+,18+,19-,20+,21-/m1/s1. The Morgan fingerprint density at radius 3 is 2.38 bits per heavy atom. The summed E-state index contributed by atoms with van der Waals surface area (Å²) in [5.41, 5.74) is -0.545. The summed E-state index contributed by atoms with van der Waals surface area (Å²) < 4.78 is 0. The summed E-state index contributed by atoms with van der Waals surface area (Å²) in [5.74, 6) is 1.85. The Balaban J connectivity index is 1.68. The van der Waals surface area contributed by atoms with Crippen LogP contribution in [0.4, 0.5) is 0 Å². The van der Waals surface area contributed by atoms with Crippen molar-refractivity contribution in [2.24, 2.45) is 34.5 Å². The molecule has 0 aromatic rings. The van der Waals surface area contributed by atoms with Gasteiger partial charge in [-0.05, 0) is 93.3 Å². The van der Waals surface area contributed by atoms with Crippen LogP contribution in [0, 0.1) is 34.5 Å². The fraction of sp³-hybridized carbons (Fsp3) is 0.952. The van der Waals surface area contributed by atoms with Crippen LogP contribution in [0.25, 0.3) is 0 Å². The zero-order chi connectivity index (χ0) is 17.3. The number of carbonyl (C=O) groups is 1. The molecule has 2 N–H and O–H groups in total. The number of fused-ring (bicyclic) bond motifs is 5. The van der Waals surface area contributed by atoms with Crippen LogP contribution in [-0.2, 0) is 4.79 Å². The van der Waals surface area contributed by atoms with Crippen molar-refractivity contribution >= 4 is 5.78 Å². The predicted octanol–water partition coefficient (Wildman–Crippen LogP) is 3.71. The number of hydrogen-bond acceptors (Lipinski definition) is 3. The molecular formula is C21H34O3. The monoisotopic (exact) mass is 334 g/mol. The minimum atomic E-state index is -0.591. The first-order valence-electron chi connectivity index (χ1n) is 10.1. The molecule has 0 aromatic carbocycles. The third kappa shape index (κ3) is 2.00. The van der Waals surface area contributed by atoms with Gasteiger partial charge in [-0.2, -0.15) is 0 Å². The van der Waals surface area contributed by atoms with Crippen LogP contribution < -0.4 is 0 Å². The summed E-state index contributed by atoms with van der Waals surface area (Å²) in [7, 11) is 0. The van der Waals surface area contributed by atoms with E-state index in [1.165, 1.54) is 0 Å². The molecule has 4 aliphatic carbocycles. The third-order valence-corrected chi connectivity index (χ3v) is 9.31. The van der Waals surface area contributed by atoms with Crippen molar-refractivity contribution in [3.8, 4) is 0 Å². The SMILES string of the molecule is CC(=O)[C@H]1CC[C@H]2[C@@H]3CCC4CC(O)CC[C@]4(C)[C@@]3(O)CC[C@]12C. The highest BCUT2D eigenvalue weighted by Gasteiger charge is 2.67. The normalized spacial score (nSPS) is 57.0. The molecule has 8 atom stereocenters. The summed E-state index contributed by atoms with van der Waals surface area (Å²) in [6.07, 6.45) is 8.64. The molecule has 0 aromatic heterocycles. The lowest BCUT2D eigenvalue weighted by atomic mass is 9.42. The number of carbonyl (C=O) groups excluding carboxylic acids is 1. The molecule has 4 fully saturated rings. The maximum Gasteiger partial charge on any atom is 0.133 e. The summed E-state index contributed by atoms with van der Waals surface area (Å²) in [5, 5.41) is 22.1. The van der Waals surface area contributed by atoms with Gasteiger partial charge in [0.05, 0.1) is 11.7 Å². The van der Waals surface area contributed by atoms with Gasteiger partial charge < -0.3 is 10.2 Å². The van der Waals surface area contributed by atoms with E-state index in [4.69, 9.17) is 0 Å². The second-order valence-electron chi connectivity index (χ2n) is 10.0. The molecular weight excluding hydrogens is 300 g/mol. The van der Waals surface area contributed by atoms with E-state index < -0.39 is 5.60 Å². The van der Waals surface area contributed by atoms with Crippen molar-refractivity contribution < 1.29 is 15.0 Å². The second-order valence-corrected chi connectivity index (χ2v) is 10.0. The van der Waals surface area contributed by atoms with Gasteiger partial charge in [-0.3, -0.25) is 4.79 Å². The van der Waals surface area contributed by atoms with E-state index in [1.54, 1.807) is 6.92 Å². The zero-order valence-electron chi connectivity index (χ0n) is 15.6. The Labute approximate surface area is 146 Å². The van der Waals surface area contributed by atoms with Crippen LogP contribution in [0.2, 0.25) is 0 Å². The van der Waals surface area contributed by atoms with Crippen LogP contribution >= 0.6 is 0 Å². The maximum absolute atomic E-state index is 12.2. The van der Waals surface area contributed by atoms with Crippen LogP contribution in [-0.4, -0.2) is 27.7 Å². The lowest BCUT2D eigenvalue weighted by molar-refractivity contribution is -0.240. The highest BCUT2D eigenvalue weighted by atomic mass is 16.3. The van der Waals surface area contributed by atoms with Gasteiger partial charge in [-0.25, -0.2) is 0 Å². The van der Waals surface area contributed by atoms with Gasteiger partial charge in [0.15, 0.2) is 0 Å². The highest BCUT2D eigenvalue weighted by Crippen LogP contribution is 2.69. The van der Waals surface area contributed by atoms with Crippen molar-refractivity contribution in [2.45, 2.75) is 90.3 Å². The average molecular weight is 335 g/mol. The number of aliphatic hydroxyl groups excluding tert-OH is 1. The van der Waals surface area contributed by atoms with Crippen molar-refractivity contribution in [2.75, 3.05) is 0 Å². The minimum absolute atomic E-state index is 0.0508. The van der Waals surface area contributed by atoms with Crippen molar-refractivity contribution in [3.63, 3.8) is 0 Å². The number of hydrogen-bond donors (Lipinski definition) is 2. The summed E-state index contributed by atoms with van der Waals surface area (Å²) >= 11 is 0. The van der Waals surface area contributed by atoms with Crippen LogP contribution in [0.15, 0.2) is 0 Å². The average Bonchev–Trinajstić information content (AvgIpc) is 2.87. The van der Waals surface area contributed by atoms with Crippen molar-refractivity contribution in [3.05, 3.63) is 0 Å². The molecule has 4 aliphatic rings. The summed E-state index contributed by atoms with van der Waals surface area (Å²) in [6.45, 7) is 6.39. The lowest BCUT2D eigenvalue weighted by Crippen LogP contribution is -2.65. The van der Waals surface area contributed by atoms with Crippen LogP contribution in [0.5, 0.6) is 0 Å². The Morgan fingerprint density at radius 1 is 0.958 bits per heavy atom. The largest absolute Gasteiger partial charge is 0.393 e. The Bertz CT molecular complexity index is 545. The molecule has 0 spiro atoms. The topological polar surface area (TPSA) is 57.5 Å². The van der Waals surface area contributed by atoms with Gasteiger partial charge in [0, 0.05) is 5.92 Å². The van der Waals surface area contributed by atoms with Gasteiger partial charge in [0.2, 0.25) is 0 Å². The third-order valence-electron chi connectivity index (χ3n) is 9.31. The smallest absolute Gasteiger partial charge is 0.133 e. The molecule has 0 aliphatic heterocycles. The molecule has 24 heavy (non-hydrogen) atoms. The Morgan fingerprint density at radius 2 is 1.67 bits per heavy atom. The van der Waals surface area contributed by atoms with E-state index in [2.05, 4.69) is 13.8 Å². The first-order valence-corrected chi connectivity index (χ1v) is 10.1. The van der Waals surface area contributed by atoms with E-state index in [1.807, 2.05) is 0 Å². The van der Waals surface area contributed by atoms with E-state index in [-0.39, 0.29) is 22.9 Å². The maximum atomic E-state index is 12.2.